The van der Waals surface area contributed by atoms with E-state index in [4.69, 9.17) is 0 Å². The van der Waals surface area contributed by atoms with Gasteiger partial charge in [-0.25, -0.2) is 4.98 Å². The van der Waals surface area contributed by atoms with Gasteiger partial charge >= 0.3 is 0 Å². The molecule has 0 amide bonds. The highest BCUT2D eigenvalue weighted by molar-refractivity contribution is 8.02. The minimum atomic E-state index is 1.01. The second kappa shape index (κ2) is 3.11. The summed E-state index contributed by atoms with van der Waals surface area (Å²) in [5.74, 6) is 1.01. The van der Waals surface area contributed by atoms with Gasteiger partial charge in [0.25, 0.3) is 0 Å². The number of thioether (sulfide) groups is 1. The second-order valence-corrected chi connectivity index (χ2v) is 4.73. The molecule has 0 unspecified atom stereocenters. The fourth-order valence-electron chi connectivity index (χ4n) is 0.980. The van der Waals surface area contributed by atoms with Crippen LogP contribution in [0.2, 0.25) is 0 Å². The maximum Gasteiger partial charge on any atom is 0.190 e. The van der Waals surface area contributed by atoms with Crippen LogP contribution in [-0.2, 0) is 0 Å². The van der Waals surface area contributed by atoms with Crippen molar-refractivity contribution < 1.29 is 0 Å². The number of rotatable bonds is 1. The van der Waals surface area contributed by atoms with Gasteiger partial charge in [0, 0.05) is 11.1 Å². The number of nitrogens with zero attached hydrogens (tertiary/aromatic N) is 2. The lowest BCUT2D eigenvalue weighted by Crippen LogP contribution is -2.09. The molecule has 1 aliphatic heterocycles. The summed E-state index contributed by atoms with van der Waals surface area (Å²) in [6.45, 7) is 4.17. The first-order chi connectivity index (χ1) is 5.77. The number of aryl methyl sites for hydroxylation is 2. The van der Waals surface area contributed by atoms with Crippen LogP contribution in [0.1, 0.15) is 10.6 Å². The van der Waals surface area contributed by atoms with Gasteiger partial charge in [0.2, 0.25) is 0 Å². The molecule has 1 aromatic rings. The molecule has 2 heterocycles. The van der Waals surface area contributed by atoms with E-state index in [0.29, 0.717) is 0 Å². The van der Waals surface area contributed by atoms with Crippen molar-refractivity contribution in [3.8, 4) is 0 Å². The van der Waals surface area contributed by atoms with Gasteiger partial charge in [-0.2, -0.15) is 0 Å². The molecule has 0 aromatic carbocycles. The van der Waals surface area contributed by atoms with Gasteiger partial charge in [0.05, 0.1) is 11.6 Å². The fourth-order valence-corrected chi connectivity index (χ4v) is 2.64. The molecule has 0 saturated heterocycles. The van der Waals surface area contributed by atoms with Gasteiger partial charge < -0.3 is 4.90 Å². The Labute approximate surface area is 80.3 Å². The predicted octanol–water partition coefficient (Wildman–Crippen LogP) is 2.74. The molecule has 1 aliphatic rings. The van der Waals surface area contributed by atoms with Gasteiger partial charge in [-0.15, -0.1) is 23.1 Å². The Morgan fingerprint density at radius 3 is 2.83 bits per heavy atom. The number of hydrogen-bond acceptors (Lipinski definition) is 4. The third kappa shape index (κ3) is 1.36. The van der Waals surface area contributed by atoms with E-state index in [1.807, 2.05) is 0 Å². The Balaban J connectivity index is 2.28. The first-order valence-electron chi connectivity index (χ1n) is 3.76. The largest absolute Gasteiger partial charge is 0.314 e. The zero-order chi connectivity index (χ0) is 8.55. The van der Waals surface area contributed by atoms with E-state index in [0.717, 1.165) is 16.7 Å². The summed E-state index contributed by atoms with van der Waals surface area (Å²) >= 11 is 3.57. The smallest absolute Gasteiger partial charge is 0.190 e. The molecule has 64 valence electrons. The molecule has 2 rings (SSSR count). The quantitative estimate of drug-likeness (QED) is 0.690. The fraction of sp³-hybridized carbons (Fsp3) is 0.375. The zero-order valence-electron chi connectivity index (χ0n) is 7.07. The van der Waals surface area contributed by atoms with E-state index in [1.165, 1.54) is 4.88 Å². The lowest BCUT2D eigenvalue weighted by molar-refractivity contribution is 1.12. The molecule has 0 spiro atoms. The van der Waals surface area contributed by atoms with Gasteiger partial charge in [-0.1, -0.05) is 0 Å². The van der Waals surface area contributed by atoms with Crippen LogP contribution < -0.4 is 4.90 Å². The van der Waals surface area contributed by atoms with E-state index in [2.05, 4.69) is 35.3 Å². The van der Waals surface area contributed by atoms with Crippen LogP contribution >= 0.6 is 23.1 Å². The van der Waals surface area contributed by atoms with Crippen LogP contribution in [0.15, 0.2) is 11.6 Å². The monoisotopic (exact) mass is 198 g/mol. The molecule has 4 heteroatoms. The summed E-state index contributed by atoms with van der Waals surface area (Å²) in [5.41, 5.74) is 1.15. The number of anilines is 1. The molecule has 0 N–H and O–H groups in total. The Morgan fingerprint density at radius 2 is 2.33 bits per heavy atom. The minimum absolute atomic E-state index is 1.01. The topological polar surface area (TPSA) is 16.1 Å². The van der Waals surface area contributed by atoms with Crippen LogP contribution in [0.5, 0.6) is 0 Å². The third-order valence-corrected chi connectivity index (χ3v) is 3.66. The molecule has 2 nitrogen and oxygen atoms in total. The normalized spacial score (nSPS) is 16.0. The molecule has 0 bridgehead atoms. The Hall–Kier alpha value is -0.480. The van der Waals surface area contributed by atoms with Crippen molar-refractivity contribution in [3.05, 3.63) is 22.2 Å². The average molecular weight is 198 g/mol. The van der Waals surface area contributed by atoms with Crippen molar-refractivity contribution in [1.29, 1.82) is 0 Å². The summed E-state index contributed by atoms with van der Waals surface area (Å²) in [7, 11) is 0. The van der Waals surface area contributed by atoms with Crippen molar-refractivity contribution in [3.63, 3.8) is 0 Å². The van der Waals surface area contributed by atoms with Crippen LogP contribution in [0, 0.1) is 13.8 Å². The van der Waals surface area contributed by atoms with E-state index in [-0.39, 0.29) is 0 Å². The summed E-state index contributed by atoms with van der Waals surface area (Å²) in [5, 5.41) is 3.22. The molecule has 0 fully saturated rings. The van der Waals surface area contributed by atoms with E-state index in [1.54, 1.807) is 23.1 Å². The van der Waals surface area contributed by atoms with Crippen molar-refractivity contribution in [2.45, 2.75) is 13.8 Å². The summed E-state index contributed by atoms with van der Waals surface area (Å²) in [4.78, 5) is 7.96. The maximum absolute atomic E-state index is 4.47. The van der Waals surface area contributed by atoms with Gasteiger partial charge in [-0.05, 0) is 19.3 Å². The maximum atomic E-state index is 4.47. The molecule has 0 saturated carbocycles. The average Bonchev–Trinajstić information content (AvgIpc) is 2.61. The minimum Gasteiger partial charge on any atom is -0.314 e. The van der Waals surface area contributed by atoms with Crippen LogP contribution in [0.3, 0.4) is 0 Å². The Bertz CT molecular complexity index is 297. The Morgan fingerprint density at radius 1 is 1.50 bits per heavy atom. The van der Waals surface area contributed by atoms with Crippen molar-refractivity contribution in [2.24, 2.45) is 0 Å². The standard InChI is InChI=1S/C8H10N2S2/c1-6-7(2)12-8(9-6)10-3-4-11-5-10/h3-4H,5H2,1-2H3. The first-order valence-corrected chi connectivity index (χ1v) is 5.63. The highest BCUT2D eigenvalue weighted by Crippen LogP contribution is 2.29. The molecular formula is C8H10N2S2. The van der Waals surface area contributed by atoms with E-state index in [9.17, 15) is 0 Å². The van der Waals surface area contributed by atoms with Gasteiger partial charge in [0.15, 0.2) is 5.13 Å². The highest BCUT2D eigenvalue weighted by atomic mass is 32.2. The molecular weight excluding hydrogens is 188 g/mol. The van der Waals surface area contributed by atoms with Crippen LogP contribution in [0.25, 0.3) is 0 Å². The number of aromatic nitrogens is 1. The molecule has 0 aliphatic carbocycles. The van der Waals surface area contributed by atoms with E-state index < -0.39 is 0 Å². The summed E-state index contributed by atoms with van der Waals surface area (Å²) in [6.07, 6.45) is 2.09. The van der Waals surface area contributed by atoms with Crippen LogP contribution in [-0.4, -0.2) is 10.9 Å². The third-order valence-electron chi connectivity index (χ3n) is 1.81. The van der Waals surface area contributed by atoms with Crippen molar-refractivity contribution in [1.82, 2.24) is 4.98 Å². The van der Waals surface area contributed by atoms with Crippen molar-refractivity contribution >= 4 is 28.2 Å². The number of thiazole rings is 1. The lowest BCUT2D eigenvalue weighted by atomic mass is 10.4. The molecule has 1 aromatic heterocycles. The van der Waals surface area contributed by atoms with Gasteiger partial charge in [0.1, 0.15) is 0 Å². The zero-order valence-corrected chi connectivity index (χ0v) is 8.71. The predicted molar refractivity (Wildman–Crippen MR) is 55.7 cm³/mol. The van der Waals surface area contributed by atoms with Gasteiger partial charge in [-0.3, -0.25) is 0 Å². The second-order valence-electron chi connectivity index (χ2n) is 2.69. The Kier molecular flexibility index (Phi) is 2.11. The summed E-state index contributed by atoms with van der Waals surface area (Å²) < 4.78 is 0. The molecule has 0 atom stereocenters. The SMILES string of the molecule is Cc1nc(N2C=CSC2)sc1C. The highest BCUT2D eigenvalue weighted by Gasteiger charge is 2.12. The van der Waals surface area contributed by atoms with Crippen LogP contribution in [0.4, 0.5) is 5.13 Å². The lowest BCUT2D eigenvalue weighted by Gasteiger charge is -2.08. The number of hydrogen-bond donors (Lipinski definition) is 0. The summed E-state index contributed by atoms with van der Waals surface area (Å²) in [6, 6.07) is 0. The van der Waals surface area contributed by atoms with E-state index >= 15 is 0 Å². The molecule has 0 radical (unpaired) electrons. The first kappa shape index (κ1) is 8.13. The molecule has 12 heavy (non-hydrogen) atoms. The van der Waals surface area contributed by atoms with Crippen molar-refractivity contribution in [2.75, 3.05) is 10.8 Å².